The van der Waals surface area contributed by atoms with Gasteiger partial charge in [0, 0.05) is 24.2 Å². The van der Waals surface area contributed by atoms with E-state index >= 15 is 0 Å². The first kappa shape index (κ1) is 13.9. The lowest BCUT2D eigenvalue weighted by Gasteiger charge is -2.40. The lowest BCUT2D eigenvalue weighted by Crippen LogP contribution is -2.43. The Labute approximate surface area is 115 Å². The van der Waals surface area contributed by atoms with Gasteiger partial charge in [-0.05, 0) is 36.4 Å². The van der Waals surface area contributed by atoms with Crippen molar-refractivity contribution in [2.45, 2.75) is 26.3 Å². The maximum absolute atomic E-state index is 6.30. The SMILES string of the molecule is CC1CCN(C(CN)c2ccccc2Cl)CC1C. The Kier molecular flexibility index (Phi) is 4.66. The number of hydrogen-bond donors (Lipinski definition) is 1. The summed E-state index contributed by atoms with van der Waals surface area (Å²) in [5.41, 5.74) is 7.15. The number of piperidine rings is 1. The van der Waals surface area contributed by atoms with Gasteiger partial charge in [-0.1, -0.05) is 43.6 Å². The highest BCUT2D eigenvalue weighted by molar-refractivity contribution is 6.31. The Balaban J connectivity index is 2.17. The van der Waals surface area contributed by atoms with Crippen molar-refractivity contribution >= 4 is 11.6 Å². The minimum absolute atomic E-state index is 0.258. The lowest BCUT2D eigenvalue weighted by molar-refractivity contribution is 0.0983. The number of benzene rings is 1. The molecule has 1 aliphatic heterocycles. The maximum Gasteiger partial charge on any atom is 0.0485 e. The summed E-state index contributed by atoms with van der Waals surface area (Å²) >= 11 is 6.30. The van der Waals surface area contributed by atoms with E-state index in [1.807, 2.05) is 18.2 Å². The molecule has 3 atom stereocenters. The standard InChI is InChI=1S/C15H23ClN2/c1-11-7-8-18(10-12(11)2)15(9-17)13-5-3-4-6-14(13)16/h3-6,11-12,15H,7-10,17H2,1-2H3. The van der Waals surface area contributed by atoms with Crippen LogP contribution in [-0.4, -0.2) is 24.5 Å². The molecule has 1 fully saturated rings. The van der Waals surface area contributed by atoms with E-state index in [-0.39, 0.29) is 6.04 Å². The number of nitrogens with zero attached hydrogens (tertiary/aromatic N) is 1. The van der Waals surface area contributed by atoms with E-state index < -0.39 is 0 Å². The van der Waals surface area contributed by atoms with Crippen molar-refractivity contribution in [1.82, 2.24) is 4.90 Å². The van der Waals surface area contributed by atoms with Gasteiger partial charge in [-0.2, -0.15) is 0 Å². The molecular weight excluding hydrogens is 244 g/mol. The molecular formula is C15H23ClN2. The van der Waals surface area contributed by atoms with Crippen molar-refractivity contribution in [3.63, 3.8) is 0 Å². The molecule has 2 N–H and O–H groups in total. The Morgan fingerprint density at radius 1 is 1.33 bits per heavy atom. The monoisotopic (exact) mass is 266 g/mol. The average Bonchev–Trinajstić information content (AvgIpc) is 2.37. The maximum atomic E-state index is 6.30. The van der Waals surface area contributed by atoms with Crippen molar-refractivity contribution in [1.29, 1.82) is 0 Å². The fourth-order valence-corrected chi connectivity index (χ4v) is 3.06. The minimum Gasteiger partial charge on any atom is -0.329 e. The van der Waals surface area contributed by atoms with Gasteiger partial charge >= 0.3 is 0 Å². The third kappa shape index (κ3) is 2.87. The molecule has 1 aromatic rings. The largest absolute Gasteiger partial charge is 0.329 e. The van der Waals surface area contributed by atoms with Gasteiger partial charge in [0.1, 0.15) is 0 Å². The minimum atomic E-state index is 0.258. The number of likely N-dealkylation sites (tertiary alicyclic amines) is 1. The Morgan fingerprint density at radius 3 is 2.67 bits per heavy atom. The highest BCUT2D eigenvalue weighted by atomic mass is 35.5. The van der Waals surface area contributed by atoms with Crippen LogP contribution in [0, 0.1) is 11.8 Å². The molecule has 18 heavy (non-hydrogen) atoms. The third-order valence-electron chi connectivity index (χ3n) is 4.29. The molecule has 0 amide bonds. The van der Waals surface area contributed by atoms with Crippen LogP contribution < -0.4 is 5.73 Å². The van der Waals surface area contributed by atoms with Crippen LogP contribution in [0.4, 0.5) is 0 Å². The van der Waals surface area contributed by atoms with E-state index in [2.05, 4.69) is 24.8 Å². The average molecular weight is 267 g/mol. The number of nitrogens with two attached hydrogens (primary N) is 1. The van der Waals surface area contributed by atoms with E-state index in [4.69, 9.17) is 17.3 Å². The molecule has 1 heterocycles. The summed E-state index contributed by atoms with van der Waals surface area (Å²) in [7, 11) is 0. The van der Waals surface area contributed by atoms with Crippen LogP contribution in [0.1, 0.15) is 31.9 Å². The van der Waals surface area contributed by atoms with Crippen LogP contribution in [0.15, 0.2) is 24.3 Å². The molecule has 3 unspecified atom stereocenters. The van der Waals surface area contributed by atoms with Gasteiger partial charge in [0.2, 0.25) is 0 Å². The number of halogens is 1. The summed E-state index contributed by atoms with van der Waals surface area (Å²) < 4.78 is 0. The summed E-state index contributed by atoms with van der Waals surface area (Å²) in [6.45, 7) is 7.55. The predicted octanol–water partition coefficient (Wildman–Crippen LogP) is 3.32. The zero-order chi connectivity index (χ0) is 13.1. The number of hydrogen-bond acceptors (Lipinski definition) is 2. The summed E-state index contributed by atoms with van der Waals surface area (Å²) in [5, 5.41) is 0.833. The molecule has 0 saturated carbocycles. The lowest BCUT2D eigenvalue weighted by atomic mass is 9.87. The van der Waals surface area contributed by atoms with E-state index in [1.54, 1.807) is 0 Å². The molecule has 0 aromatic heterocycles. The summed E-state index contributed by atoms with van der Waals surface area (Å²) in [4.78, 5) is 2.49. The molecule has 1 saturated heterocycles. The van der Waals surface area contributed by atoms with E-state index in [9.17, 15) is 0 Å². The second-order valence-electron chi connectivity index (χ2n) is 5.51. The summed E-state index contributed by atoms with van der Waals surface area (Å²) in [6, 6.07) is 8.33. The highest BCUT2D eigenvalue weighted by Gasteiger charge is 2.28. The summed E-state index contributed by atoms with van der Waals surface area (Å²) in [6.07, 6.45) is 1.25. The molecule has 0 spiro atoms. The molecule has 3 heteroatoms. The van der Waals surface area contributed by atoms with Gasteiger partial charge in [-0.3, -0.25) is 4.90 Å². The van der Waals surface area contributed by atoms with Crippen LogP contribution in [0.25, 0.3) is 0 Å². The van der Waals surface area contributed by atoms with Gasteiger partial charge < -0.3 is 5.73 Å². The second-order valence-corrected chi connectivity index (χ2v) is 5.92. The van der Waals surface area contributed by atoms with Crippen molar-refractivity contribution in [2.75, 3.05) is 19.6 Å². The van der Waals surface area contributed by atoms with E-state index in [0.717, 1.165) is 29.9 Å². The van der Waals surface area contributed by atoms with E-state index in [0.29, 0.717) is 6.54 Å². The van der Waals surface area contributed by atoms with Crippen molar-refractivity contribution < 1.29 is 0 Å². The predicted molar refractivity (Wildman–Crippen MR) is 77.8 cm³/mol. The van der Waals surface area contributed by atoms with Gasteiger partial charge in [-0.25, -0.2) is 0 Å². The topological polar surface area (TPSA) is 29.3 Å². The van der Waals surface area contributed by atoms with Gasteiger partial charge in [0.05, 0.1) is 0 Å². The van der Waals surface area contributed by atoms with Crippen molar-refractivity contribution in [2.24, 2.45) is 17.6 Å². The zero-order valence-corrected chi connectivity index (χ0v) is 12.0. The Hall–Kier alpha value is -0.570. The van der Waals surface area contributed by atoms with Crippen LogP contribution in [0.2, 0.25) is 5.02 Å². The molecule has 100 valence electrons. The van der Waals surface area contributed by atoms with Crippen LogP contribution in [0.5, 0.6) is 0 Å². The number of rotatable bonds is 3. The third-order valence-corrected chi connectivity index (χ3v) is 4.64. The molecule has 0 radical (unpaired) electrons. The Bertz CT molecular complexity index is 394. The smallest absolute Gasteiger partial charge is 0.0485 e. The van der Waals surface area contributed by atoms with Crippen LogP contribution in [0.3, 0.4) is 0 Å². The van der Waals surface area contributed by atoms with Crippen molar-refractivity contribution in [3.05, 3.63) is 34.9 Å². The second kappa shape index (κ2) is 6.05. The fraction of sp³-hybridized carbons (Fsp3) is 0.600. The summed E-state index contributed by atoms with van der Waals surface area (Å²) in [5.74, 6) is 1.54. The highest BCUT2D eigenvalue weighted by Crippen LogP contribution is 2.32. The first-order chi connectivity index (χ1) is 8.63. The van der Waals surface area contributed by atoms with Crippen molar-refractivity contribution in [3.8, 4) is 0 Å². The first-order valence-corrected chi connectivity index (χ1v) is 7.19. The Morgan fingerprint density at radius 2 is 2.06 bits per heavy atom. The van der Waals surface area contributed by atoms with Gasteiger partial charge in [-0.15, -0.1) is 0 Å². The molecule has 0 aliphatic carbocycles. The van der Waals surface area contributed by atoms with Crippen LogP contribution >= 0.6 is 11.6 Å². The first-order valence-electron chi connectivity index (χ1n) is 6.82. The zero-order valence-electron chi connectivity index (χ0n) is 11.3. The molecule has 0 bridgehead atoms. The van der Waals surface area contributed by atoms with E-state index in [1.165, 1.54) is 12.0 Å². The molecule has 2 nitrogen and oxygen atoms in total. The molecule has 1 aliphatic rings. The fourth-order valence-electron chi connectivity index (χ4n) is 2.80. The van der Waals surface area contributed by atoms with Gasteiger partial charge in [0.25, 0.3) is 0 Å². The normalized spacial score (nSPS) is 27.1. The van der Waals surface area contributed by atoms with Crippen LogP contribution in [-0.2, 0) is 0 Å². The molecule has 1 aromatic carbocycles. The van der Waals surface area contributed by atoms with Gasteiger partial charge in [0.15, 0.2) is 0 Å². The molecule has 2 rings (SSSR count). The quantitative estimate of drug-likeness (QED) is 0.909.